The Balaban J connectivity index is 1.55. The van der Waals surface area contributed by atoms with E-state index < -0.39 is 16.0 Å². The summed E-state index contributed by atoms with van der Waals surface area (Å²) < 4.78 is 45.3. The van der Waals surface area contributed by atoms with Crippen molar-refractivity contribution in [1.82, 2.24) is 9.21 Å². The fraction of sp³-hybridized carbons (Fsp3) is 0.536. The molecule has 2 aromatic rings. The van der Waals surface area contributed by atoms with E-state index in [1.807, 2.05) is 18.2 Å². The largest absolute Gasteiger partial charge is 0.301 e. The van der Waals surface area contributed by atoms with Crippen molar-refractivity contribution >= 4 is 15.9 Å². The molecule has 1 N–H and O–H groups in total. The topological polar surface area (TPSA) is 76.4 Å². The van der Waals surface area contributed by atoms with Gasteiger partial charge >= 0.3 is 10.2 Å². The molecule has 0 amide bonds. The summed E-state index contributed by atoms with van der Waals surface area (Å²) in [6.07, 6.45) is 3.44. The normalized spacial score (nSPS) is 23.7. The van der Waals surface area contributed by atoms with Gasteiger partial charge in [0.15, 0.2) is 0 Å². The highest BCUT2D eigenvalue weighted by molar-refractivity contribution is 7.90. The van der Waals surface area contributed by atoms with Crippen molar-refractivity contribution in [2.45, 2.75) is 76.9 Å². The van der Waals surface area contributed by atoms with Crippen molar-refractivity contribution in [2.24, 2.45) is 5.92 Å². The Morgan fingerprint density at radius 2 is 1.83 bits per heavy atom. The Labute approximate surface area is 215 Å². The number of anilines is 1. The van der Waals surface area contributed by atoms with Gasteiger partial charge in [0, 0.05) is 31.2 Å². The number of nitrogens with zero attached hydrogens (tertiary/aromatic N) is 3. The molecular weight excluding hydrogens is 475 g/mol. The standard InChI is InChI=1S/C28H37FN4O2S/c1-20(2)32(21(3)4)13-14-33(36(34,35)31-26-10-6-9-25(29)17-26)27-11-12-28(18-24(28)16-27)23-8-5-7-22(15-23)19-30/h5-10,15,17,20-21,24,27,31H,11-14,16,18H2,1-4H3/t24?,27?,28-/m1/s1. The maximum absolute atomic E-state index is 13.8. The summed E-state index contributed by atoms with van der Waals surface area (Å²) in [7, 11) is -3.89. The number of hydrogen-bond acceptors (Lipinski definition) is 4. The van der Waals surface area contributed by atoms with E-state index in [1.165, 1.54) is 23.8 Å². The second-order valence-electron chi connectivity index (χ2n) is 10.8. The number of nitrogens with one attached hydrogen (secondary N) is 1. The minimum Gasteiger partial charge on any atom is -0.297 e. The van der Waals surface area contributed by atoms with Gasteiger partial charge in [-0.15, -0.1) is 0 Å². The molecule has 36 heavy (non-hydrogen) atoms. The van der Waals surface area contributed by atoms with Crippen molar-refractivity contribution in [2.75, 3.05) is 17.8 Å². The minimum atomic E-state index is -3.89. The highest BCUT2D eigenvalue weighted by Crippen LogP contribution is 2.63. The molecule has 2 aromatic carbocycles. The maximum Gasteiger partial charge on any atom is 0.301 e. The SMILES string of the molecule is CC(C)N(CCN(C1CC[C@]2(c3cccc(C#N)c3)CC2C1)S(=O)(=O)Nc1cccc(F)c1)C(C)C. The Bertz CT molecular complexity index is 1220. The van der Waals surface area contributed by atoms with Gasteiger partial charge in [-0.3, -0.25) is 9.62 Å². The molecule has 0 saturated heterocycles. The van der Waals surface area contributed by atoms with Crippen LogP contribution in [0, 0.1) is 23.1 Å². The molecule has 0 radical (unpaired) electrons. The minimum absolute atomic E-state index is 0.0523. The molecule has 2 aliphatic carbocycles. The van der Waals surface area contributed by atoms with Crippen LogP contribution in [-0.2, 0) is 15.6 Å². The lowest BCUT2D eigenvalue weighted by molar-refractivity contribution is 0.146. The smallest absolute Gasteiger partial charge is 0.297 e. The average Bonchev–Trinajstić information content (AvgIpc) is 3.56. The van der Waals surface area contributed by atoms with E-state index in [0.717, 1.165) is 25.7 Å². The average molecular weight is 513 g/mol. The van der Waals surface area contributed by atoms with E-state index in [4.69, 9.17) is 0 Å². The van der Waals surface area contributed by atoms with Crippen LogP contribution in [-0.4, -0.2) is 48.8 Å². The first-order valence-electron chi connectivity index (χ1n) is 12.9. The van der Waals surface area contributed by atoms with Crippen LogP contribution in [0.25, 0.3) is 0 Å². The van der Waals surface area contributed by atoms with Crippen molar-refractivity contribution < 1.29 is 12.8 Å². The van der Waals surface area contributed by atoms with Gasteiger partial charge in [0.25, 0.3) is 0 Å². The lowest BCUT2D eigenvalue weighted by Gasteiger charge is -2.38. The van der Waals surface area contributed by atoms with Gasteiger partial charge in [0.1, 0.15) is 5.82 Å². The van der Waals surface area contributed by atoms with Gasteiger partial charge in [0.2, 0.25) is 0 Å². The van der Waals surface area contributed by atoms with E-state index >= 15 is 0 Å². The second-order valence-corrected chi connectivity index (χ2v) is 12.5. The van der Waals surface area contributed by atoms with Crippen molar-refractivity contribution in [3.63, 3.8) is 0 Å². The molecule has 6 nitrogen and oxygen atoms in total. The molecular formula is C28H37FN4O2S. The molecule has 0 aromatic heterocycles. The third-order valence-corrected chi connectivity index (χ3v) is 9.56. The van der Waals surface area contributed by atoms with E-state index in [2.05, 4.69) is 49.5 Å². The van der Waals surface area contributed by atoms with Crippen LogP contribution in [0.2, 0.25) is 0 Å². The zero-order valence-electron chi connectivity index (χ0n) is 21.6. The van der Waals surface area contributed by atoms with Gasteiger partial charge in [-0.1, -0.05) is 18.2 Å². The maximum atomic E-state index is 13.8. The Kier molecular flexibility index (Phi) is 7.75. The third kappa shape index (κ3) is 5.59. The van der Waals surface area contributed by atoms with Crippen LogP contribution in [0.1, 0.15) is 64.5 Å². The number of fused-ring (bicyclic) bond motifs is 1. The van der Waals surface area contributed by atoms with Crippen LogP contribution in [0.4, 0.5) is 10.1 Å². The molecule has 0 spiro atoms. The van der Waals surface area contributed by atoms with E-state index in [9.17, 15) is 18.1 Å². The summed E-state index contributed by atoms with van der Waals surface area (Å²) in [6, 6.07) is 16.1. The highest BCUT2D eigenvalue weighted by atomic mass is 32.2. The predicted molar refractivity (Wildman–Crippen MR) is 141 cm³/mol. The fourth-order valence-electron chi connectivity index (χ4n) is 6.11. The van der Waals surface area contributed by atoms with Crippen molar-refractivity contribution in [3.8, 4) is 6.07 Å². The predicted octanol–water partition coefficient (Wildman–Crippen LogP) is 5.29. The number of nitriles is 1. The number of hydrogen-bond donors (Lipinski definition) is 1. The Morgan fingerprint density at radius 3 is 2.47 bits per heavy atom. The van der Waals surface area contributed by atoms with Crippen molar-refractivity contribution in [1.29, 1.82) is 5.26 Å². The molecule has 194 valence electrons. The molecule has 8 heteroatoms. The molecule has 2 aliphatic rings. The first-order chi connectivity index (χ1) is 17.1. The van der Waals surface area contributed by atoms with Crippen LogP contribution in [0.3, 0.4) is 0 Å². The molecule has 0 heterocycles. The van der Waals surface area contributed by atoms with Crippen LogP contribution in [0.15, 0.2) is 48.5 Å². The summed E-state index contributed by atoms with van der Waals surface area (Å²) in [5, 5.41) is 9.32. The lowest BCUT2D eigenvalue weighted by atomic mass is 9.80. The number of rotatable bonds is 10. The number of halogens is 1. The third-order valence-electron chi connectivity index (χ3n) is 7.97. The summed E-state index contributed by atoms with van der Waals surface area (Å²) in [4.78, 5) is 2.29. The van der Waals surface area contributed by atoms with Gasteiger partial charge in [-0.05, 0) is 101 Å². The zero-order valence-corrected chi connectivity index (χ0v) is 22.4. The van der Waals surface area contributed by atoms with E-state index in [-0.39, 0.29) is 17.1 Å². The Morgan fingerprint density at radius 1 is 1.11 bits per heavy atom. The van der Waals surface area contributed by atoms with E-state index in [0.29, 0.717) is 36.7 Å². The first kappa shape index (κ1) is 26.6. The lowest BCUT2D eigenvalue weighted by Crippen LogP contribution is -2.50. The highest BCUT2D eigenvalue weighted by Gasteiger charge is 2.58. The molecule has 0 bridgehead atoms. The van der Waals surface area contributed by atoms with Crippen LogP contribution < -0.4 is 4.72 Å². The molecule has 0 aliphatic heterocycles. The van der Waals surface area contributed by atoms with E-state index in [1.54, 1.807) is 10.4 Å². The number of benzene rings is 2. The van der Waals surface area contributed by atoms with Crippen LogP contribution in [0.5, 0.6) is 0 Å². The first-order valence-corrected chi connectivity index (χ1v) is 14.3. The molecule has 3 atom stereocenters. The van der Waals surface area contributed by atoms with Gasteiger partial charge in [-0.2, -0.15) is 18.0 Å². The molecule has 2 saturated carbocycles. The summed E-state index contributed by atoms with van der Waals surface area (Å²) in [5.41, 5.74) is 2.15. The quantitative estimate of drug-likeness (QED) is 0.470. The Hall–Kier alpha value is -2.47. The molecule has 2 fully saturated rings. The summed E-state index contributed by atoms with van der Waals surface area (Å²) in [5.74, 6) is -0.0871. The monoisotopic (exact) mass is 512 g/mol. The fourth-order valence-corrected chi connectivity index (χ4v) is 7.56. The second kappa shape index (κ2) is 10.5. The van der Waals surface area contributed by atoms with Gasteiger partial charge in [-0.25, -0.2) is 4.39 Å². The van der Waals surface area contributed by atoms with Crippen molar-refractivity contribution in [3.05, 3.63) is 65.5 Å². The van der Waals surface area contributed by atoms with Crippen LogP contribution >= 0.6 is 0 Å². The molecule has 2 unspecified atom stereocenters. The van der Waals surface area contributed by atoms with Gasteiger partial charge < -0.3 is 0 Å². The molecule has 4 rings (SSSR count). The summed E-state index contributed by atoms with van der Waals surface area (Å²) >= 11 is 0. The van der Waals surface area contributed by atoms with Gasteiger partial charge in [0.05, 0.1) is 17.3 Å². The summed E-state index contributed by atoms with van der Waals surface area (Å²) in [6.45, 7) is 9.48. The zero-order chi connectivity index (χ0) is 26.1.